The molecule has 5 aromatic carbocycles. The smallest absolute Gasteiger partial charge is 0.345 e. The minimum atomic E-state index is -0.930. The van der Waals surface area contributed by atoms with E-state index in [4.69, 9.17) is 23.7 Å². The number of hydrogen-bond acceptors (Lipinski definition) is 7. The number of para-hydroxylation sites is 2. The minimum absolute atomic E-state index is 0.233. The summed E-state index contributed by atoms with van der Waals surface area (Å²) in [5.41, 5.74) is 5.27. The predicted molar refractivity (Wildman–Crippen MR) is 192 cm³/mol. The van der Waals surface area contributed by atoms with Gasteiger partial charge in [0, 0.05) is 11.1 Å². The van der Waals surface area contributed by atoms with Crippen LogP contribution in [0.25, 0.3) is 11.1 Å². The quantitative estimate of drug-likeness (QED) is 0.0867. The van der Waals surface area contributed by atoms with Gasteiger partial charge in [-0.15, -0.1) is 0 Å². The molecule has 0 aliphatic carbocycles. The Labute approximate surface area is 296 Å². The maximum atomic E-state index is 14.9. The number of nitrogens with zero attached hydrogens (tertiary/aromatic N) is 1. The molecule has 8 nitrogen and oxygen atoms in total. The van der Waals surface area contributed by atoms with Gasteiger partial charge in [0.2, 0.25) is 0 Å². The fourth-order valence-corrected chi connectivity index (χ4v) is 7.09. The Morgan fingerprint density at radius 2 is 1.04 bits per heavy atom. The first-order valence-corrected chi connectivity index (χ1v) is 17.2. The molecule has 0 N–H and O–H groups in total. The molecule has 0 spiro atoms. The first-order chi connectivity index (χ1) is 25.1. The number of benzene rings is 5. The molecule has 8 heteroatoms. The van der Waals surface area contributed by atoms with Crippen molar-refractivity contribution in [1.82, 2.24) is 0 Å². The first kappa shape index (κ1) is 32.8. The lowest BCUT2D eigenvalue weighted by atomic mass is 9.96. The Morgan fingerprint density at radius 3 is 1.65 bits per heavy atom. The third-order valence-corrected chi connectivity index (χ3v) is 9.53. The standard InChI is InChI=1S/C43H37NO7/c1-28-38(47-25-29-15-5-2-6-16-29)39(48-26-30-17-7-3-8-18-30)40(49-27-31-19-9-4-10-20-31)42(50-28)44-34-23-13-11-21-32(34)36(41(44)45)37-33-22-12-14-24-35(33)51-43(37)46/h2-24,28,38-40,42H,25-27H2,1H3/b37-36-/t28-,38-,39+,40+,42-/m0/s1. The van der Waals surface area contributed by atoms with E-state index in [1.165, 1.54) is 0 Å². The third kappa shape index (κ3) is 6.51. The molecule has 8 rings (SSSR count). The molecule has 0 bridgehead atoms. The van der Waals surface area contributed by atoms with Gasteiger partial charge in [0.25, 0.3) is 5.91 Å². The van der Waals surface area contributed by atoms with E-state index < -0.39 is 36.6 Å². The van der Waals surface area contributed by atoms with Crippen LogP contribution in [0.5, 0.6) is 5.75 Å². The van der Waals surface area contributed by atoms with Gasteiger partial charge < -0.3 is 23.7 Å². The number of rotatable bonds is 10. The second-order valence-corrected chi connectivity index (χ2v) is 12.8. The maximum absolute atomic E-state index is 14.9. The van der Waals surface area contributed by atoms with E-state index >= 15 is 0 Å². The van der Waals surface area contributed by atoms with Gasteiger partial charge in [-0.2, -0.15) is 0 Å². The second kappa shape index (κ2) is 14.5. The van der Waals surface area contributed by atoms with Crippen LogP contribution in [0.15, 0.2) is 140 Å². The molecule has 0 radical (unpaired) electrons. The third-order valence-electron chi connectivity index (χ3n) is 9.53. The Morgan fingerprint density at radius 1 is 0.549 bits per heavy atom. The summed E-state index contributed by atoms with van der Waals surface area (Å²) in [5.74, 6) is -0.520. The molecular weight excluding hydrogens is 642 g/mol. The van der Waals surface area contributed by atoms with E-state index in [1.807, 2.05) is 128 Å². The van der Waals surface area contributed by atoms with Crippen LogP contribution >= 0.6 is 0 Å². The summed E-state index contributed by atoms with van der Waals surface area (Å²) in [6.07, 6.45) is -3.44. The monoisotopic (exact) mass is 679 g/mol. The average Bonchev–Trinajstić information content (AvgIpc) is 3.65. The van der Waals surface area contributed by atoms with E-state index in [9.17, 15) is 9.59 Å². The summed E-state index contributed by atoms with van der Waals surface area (Å²) in [6, 6.07) is 44.4. The van der Waals surface area contributed by atoms with Crippen molar-refractivity contribution < 1.29 is 33.3 Å². The largest absolute Gasteiger partial charge is 0.422 e. The maximum Gasteiger partial charge on any atom is 0.345 e. The lowest BCUT2D eigenvalue weighted by molar-refractivity contribution is -0.260. The predicted octanol–water partition coefficient (Wildman–Crippen LogP) is 7.36. The Balaban J connectivity index is 1.21. The van der Waals surface area contributed by atoms with Crippen molar-refractivity contribution in [3.63, 3.8) is 0 Å². The Hall–Kier alpha value is -5.38. The number of carbonyl (C=O) groups is 2. The second-order valence-electron chi connectivity index (χ2n) is 12.8. The molecule has 5 aromatic rings. The van der Waals surface area contributed by atoms with Crippen LogP contribution in [-0.2, 0) is 48.4 Å². The van der Waals surface area contributed by atoms with Gasteiger partial charge in [-0.05, 0) is 35.7 Å². The zero-order valence-electron chi connectivity index (χ0n) is 28.1. The number of fused-ring (bicyclic) bond motifs is 2. The number of amides is 1. The fraction of sp³-hybridized carbons (Fsp3) is 0.209. The number of ether oxygens (including phenoxy) is 5. The van der Waals surface area contributed by atoms with Crippen LogP contribution in [0.1, 0.15) is 34.7 Å². The minimum Gasteiger partial charge on any atom is -0.422 e. The van der Waals surface area contributed by atoms with Crippen molar-refractivity contribution in [3.05, 3.63) is 167 Å². The highest BCUT2D eigenvalue weighted by atomic mass is 16.6. The zero-order valence-corrected chi connectivity index (χ0v) is 28.1. The summed E-state index contributed by atoms with van der Waals surface area (Å²) >= 11 is 0. The number of anilines is 1. The highest BCUT2D eigenvalue weighted by Crippen LogP contribution is 2.47. The van der Waals surface area contributed by atoms with Crippen molar-refractivity contribution in [2.45, 2.75) is 57.4 Å². The molecule has 3 aliphatic rings. The molecule has 51 heavy (non-hydrogen) atoms. The van der Waals surface area contributed by atoms with E-state index in [1.54, 1.807) is 23.1 Å². The molecule has 0 unspecified atom stereocenters. The van der Waals surface area contributed by atoms with Gasteiger partial charge in [0.05, 0.1) is 42.8 Å². The fourth-order valence-electron chi connectivity index (χ4n) is 7.09. The molecule has 3 heterocycles. The SMILES string of the molecule is C[C@@H]1O[C@H](N2C(=O)/C(=C3\C(=O)Oc4ccccc43)c3ccccc32)[C@H](OCc2ccccc2)[C@H](OCc2ccccc2)[C@H]1OCc1ccccc1. The Kier molecular flexibility index (Phi) is 9.30. The van der Waals surface area contributed by atoms with Gasteiger partial charge in [0.15, 0.2) is 6.23 Å². The number of esters is 1. The van der Waals surface area contributed by atoms with E-state index in [2.05, 4.69) is 0 Å². The lowest BCUT2D eigenvalue weighted by Crippen LogP contribution is -2.64. The van der Waals surface area contributed by atoms with Crippen molar-refractivity contribution in [2.24, 2.45) is 0 Å². The van der Waals surface area contributed by atoms with Gasteiger partial charge in [-0.1, -0.05) is 127 Å². The summed E-state index contributed by atoms with van der Waals surface area (Å²) in [6.45, 7) is 2.81. The van der Waals surface area contributed by atoms with Crippen molar-refractivity contribution in [1.29, 1.82) is 0 Å². The molecule has 3 aliphatic heterocycles. The molecule has 256 valence electrons. The van der Waals surface area contributed by atoms with Gasteiger partial charge in [-0.3, -0.25) is 9.69 Å². The van der Waals surface area contributed by atoms with Crippen LogP contribution < -0.4 is 9.64 Å². The van der Waals surface area contributed by atoms with Crippen molar-refractivity contribution in [3.8, 4) is 5.75 Å². The lowest BCUT2D eigenvalue weighted by Gasteiger charge is -2.47. The number of carbonyl (C=O) groups excluding carboxylic acids is 2. The molecule has 1 saturated heterocycles. The summed E-state index contributed by atoms with van der Waals surface area (Å²) < 4.78 is 32.6. The average molecular weight is 680 g/mol. The molecule has 1 amide bonds. The summed E-state index contributed by atoms with van der Waals surface area (Å²) in [4.78, 5) is 29.9. The molecule has 1 fully saturated rings. The highest BCUT2D eigenvalue weighted by Gasteiger charge is 2.53. The molecule has 0 saturated carbocycles. The normalized spacial score (nSPS) is 23.9. The first-order valence-electron chi connectivity index (χ1n) is 17.2. The van der Waals surface area contributed by atoms with Crippen LogP contribution in [0.4, 0.5) is 5.69 Å². The van der Waals surface area contributed by atoms with Crippen LogP contribution in [0.2, 0.25) is 0 Å². The summed E-state index contributed by atoms with van der Waals surface area (Å²) in [5, 5.41) is 0. The zero-order chi connectivity index (χ0) is 34.7. The van der Waals surface area contributed by atoms with Crippen LogP contribution in [0.3, 0.4) is 0 Å². The highest BCUT2D eigenvalue weighted by molar-refractivity contribution is 6.46. The van der Waals surface area contributed by atoms with Crippen LogP contribution in [-0.4, -0.2) is 42.5 Å². The van der Waals surface area contributed by atoms with Crippen molar-refractivity contribution in [2.75, 3.05) is 4.90 Å². The molecule has 0 aromatic heterocycles. The van der Waals surface area contributed by atoms with Gasteiger partial charge >= 0.3 is 5.97 Å². The van der Waals surface area contributed by atoms with Gasteiger partial charge in [-0.25, -0.2) is 4.79 Å². The van der Waals surface area contributed by atoms with E-state index in [0.29, 0.717) is 35.8 Å². The van der Waals surface area contributed by atoms with Gasteiger partial charge in [0.1, 0.15) is 24.1 Å². The van der Waals surface area contributed by atoms with Crippen molar-refractivity contribution >= 4 is 28.7 Å². The summed E-state index contributed by atoms with van der Waals surface area (Å²) in [7, 11) is 0. The Bertz CT molecular complexity index is 2050. The molecular formula is C43H37NO7. The van der Waals surface area contributed by atoms with Crippen LogP contribution in [0, 0.1) is 0 Å². The van der Waals surface area contributed by atoms with E-state index in [0.717, 1.165) is 16.7 Å². The molecule has 5 atom stereocenters. The number of hydrogen-bond donors (Lipinski definition) is 0. The topological polar surface area (TPSA) is 83.5 Å². The van der Waals surface area contributed by atoms with E-state index in [-0.39, 0.29) is 23.7 Å².